The summed E-state index contributed by atoms with van der Waals surface area (Å²) >= 11 is 0. The quantitative estimate of drug-likeness (QED) is 0.818. The normalized spacial score (nSPS) is 27.2. The van der Waals surface area contributed by atoms with Crippen LogP contribution < -0.4 is 9.47 Å². The SMILES string of the molecule is COc1ccc(C2(C#N)CCC(C#N)CC2)cc1OC1CCCC1. The zero-order valence-electron chi connectivity index (χ0n) is 14.3. The summed E-state index contributed by atoms with van der Waals surface area (Å²) in [6.45, 7) is 0. The van der Waals surface area contributed by atoms with E-state index < -0.39 is 5.41 Å². The summed E-state index contributed by atoms with van der Waals surface area (Å²) in [5, 5.41) is 19.0. The lowest BCUT2D eigenvalue weighted by molar-refractivity contribution is 0.200. The number of hydrogen-bond acceptors (Lipinski definition) is 4. The number of hydrogen-bond donors (Lipinski definition) is 0. The molecular weight excluding hydrogens is 300 g/mol. The van der Waals surface area contributed by atoms with Crippen molar-refractivity contribution in [2.24, 2.45) is 5.92 Å². The summed E-state index contributed by atoms with van der Waals surface area (Å²) in [5.74, 6) is 1.56. The first-order valence-corrected chi connectivity index (χ1v) is 8.87. The van der Waals surface area contributed by atoms with Crippen LogP contribution in [-0.2, 0) is 5.41 Å². The lowest BCUT2D eigenvalue weighted by Gasteiger charge is -2.33. The van der Waals surface area contributed by atoms with E-state index >= 15 is 0 Å². The minimum absolute atomic E-state index is 0.0823. The Morgan fingerprint density at radius 1 is 1.04 bits per heavy atom. The van der Waals surface area contributed by atoms with Gasteiger partial charge in [0, 0.05) is 5.92 Å². The van der Waals surface area contributed by atoms with E-state index in [2.05, 4.69) is 12.1 Å². The second-order valence-electron chi connectivity index (χ2n) is 6.99. The van der Waals surface area contributed by atoms with E-state index in [1.165, 1.54) is 12.8 Å². The second-order valence-corrected chi connectivity index (χ2v) is 6.99. The molecule has 24 heavy (non-hydrogen) atoms. The van der Waals surface area contributed by atoms with Gasteiger partial charge in [0.05, 0.1) is 30.8 Å². The molecule has 0 aromatic heterocycles. The smallest absolute Gasteiger partial charge is 0.161 e. The fraction of sp³-hybridized carbons (Fsp3) is 0.600. The lowest BCUT2D eigenvalue weighted by atomic mass is 9.68. The van der Waals surface area contributed by atoms with Crippen LogP contribution in [0, 0.1) is 28.6 Å². The molecule has 0 amide bonds. The molecule has 2 fully saturated rings. The van der Waals surface area contributed by atoms with Crippen molar-refractivity contribution in [3.8, 4) is 23.6 Å². The fourth-order valence-corrected chi connectivity index (χ4v) is 3.96. The first-order chi connectivity index (χ1) is 11.7. The summed E-state index contributed by atoms with van der Waals surface area (Å²) < 4.78 is 11.6. The van der Waals surface area contributed by atoms with Crippen LogP contribution in [0.5, 0.6) is 11.5 Å². The molecule has 1 aromatic rings. The largest absolute Gasteiger partial charge is 0.493 e. The molecule has 2 aliphatic rings. The molecule has 0 spiro atoms. The van der Waals surface area contributed by atoms with Crippen molar-refractivity contribution in [2.45, 2.75) is 62.9 Å². The number of benzene rings is 1. The third-order valence-corrected chi connectivity index (χ3v) is 5.55. The maximum atomic E-state index is 9.85. The third kappa shape index (κ3) is 3.20. The highest BCUT2D eigenvalue weighted by atomic mass is 16.5. The maximum Gasteiger partial charge on any atom is 0.161 e. The van der Waals surface area contributed by atoms with E-state index in [1.807, 2.05) is 18.2 Å². The summed E-state index contributed by atoms with van der Waals surface area (Å²) in [6.07, 6.45) is 7.88. The van der Waals surface area contributed by atoms with Crippen LogP contribution in [0.1, 0.15) is 56.9 Å². The van der Waals surface area contributed by atoms with Crippen molar-refractivity contribution in [1.29, 1.82) is 10.5 Å². The Bertz CT molecular complexity index is 657. The van der Waals surface area contributed by atoms with Gasteiger partial charge >= 0.3 is 0 Å². The van der Waals surface area contributed by atoms with Crippen molar-refractivity contribution < 1.29 is 9.47 Å². The van der Waals surface area contributed by atoms with Crippen molar-refractivity contribution in [2.75, 3.05) is 7.11 Å². The molecule has 3 rings (SSSR count). The Hall–Kier alpha value is -2.20. The van der Waals surface area contributed by atoms with Gasteiger partial charge in [0.15, 0.2) is 11.5 Å². The van der Waals surface area contributed by atoms with Crippen LogP contribution in [0.2, 0.25) is 0 Å². The van der Waals surface area contributed by atoms with Crippen molar-refractivity contribution >= 4 is 0 Å². The molecular formula is C20H24N2O2. The minimum atomic E-state index is -0.507. The van der Waals surface area contributed by atoms with Gasteiger partial charge in [-0.3, -0.25) is 0 Å². The molecule has 4 heteroatoms. The number of rotatable bonds is 4. The Kier molecular flexibility index (Phi) is 4.95. The summed E-state index contributed by atoms with van der Waals surface area (Å²) in [6, 6.07) is 10.8. The Morgan fingerprint density at radius 2 is 1.75 bits per heavy atom. The molecule has 0 atom stereocenters. The van der Waals surface area contributed by atoms with Crippen LogP contribution in [0.3, 0.4) is 0 Å². The summed E-state index contributed by atoms with van der Waals surface area (Å²) in [4.78, 5) is 0. The average molecular weight is 324 g/mol. The van der Waals surface area contributed by atoms with Gasteiger partial charge in [0.25, 0.3) is 0 Å². The minimum Gasteiger partial charge on any atom is -0.493 e. The predicted molar refractivity (Wildman–Crippen MR) is 90.7 cm³/mol. The number of nitrogens with zero attached hydrogens (tertiary/aromatic N) is 2. The summed E-state index contributed by atoms with van der Waals surface area (Å²) in [5.41, 5.74) is 0.489. The molecule has 4 nitrogen and oxygen atoms in total. The van der Waals surface area contributed by atoms with Crippen LogP contribution in [0.15, 0.2) is 18.2 Å². The first kappa shape index (κ1) is 16.7. The van der Waals surface area contributed by atoms with Crippen LogP contribution >= 0.6 is 0 Å². The second kappa shape index (κ2) is 7.14. The Labute approximate surface area is 144 Å². The zero-order chi connectivity index (χ0) is 17.0. The first-order valence-electron chi connectivity index (χ1n) is 8.87. The molecule has 0 radical (unpaired) electrons. The molecule has 0 N–H and O–H groups in total. The highest BCUT2D eigenvalue weighted by Crippen LogP contribution is 2.44. The standard InChI is InChI=1S/C20H24N2O2/c1-23-18-7-6-16(12-19(18)24-17-4-2-3-5-17)20(14-22)10-8-15(13-21)9-11-20/h6-7,12,15,17H,2-5,8-11H2,1H3. The number of ether oxygens (including phenoxy) is 2. The molecule has 0 bridgehead atoms. The van der Waals surface area contributed by atoms with Gasteiger partial charge in [-0.25, -0.2) is 0 Å². The van der Waals surface area contributed by atoms with E-state index in [1.54, 1.807) is 7.11 Å². The van der Waals surface area contributed by atoms with E-state index in [-0.39, 0.29) is 12.0 Å². The van der Waals surface area contributed by atoms with Gasteiger partial charge in [-0.05, 0) is 69.1 Å². The monoisotopic (exact) mass is 324 g/mol. The number of nitriles is 2. The molecule has 0 heterocycles. The molecule has 126 valence electrons. The van der Waals surface area contributed by atoms with Gasteiger partial charge in [-0.15, -0.1) is 0 Å². The average Bonchev–Trinajstić information content (AvgIpc) is 3.15. The lowest BCUT2D eigenvalue weighted by Crippen LogP contribution is -2.30. The maximum absolute atomic E-state index is 9.85. The summed E-state index contributed by atoms with van der Waals surface area (Å²) in [7, 11) is 1.65. The molecule has 0 aliphatic heterocycles. The topological polar surface area (TPSA) is 66.0 Å². The van der Waals surface area contributed by atoms with Crippen molar-refractivity contribution in [3.63, 3.8) is 0 Å². The number of methoxy groups -OCH3 is 1. The Morgan fingerprint density at radius 3 is 2.33 bits per heavy atom. The van der Waals surface area contributed by atoms with Crippen molar-refractivity contribution in [3.05, 3.63) is 23.8 Å². The van der Waals surface area contributed by atoms with Gasteiger partial charge in [0.1, 0.15) is 0 Å². The van der Waals surface area contributed by atoms with Crippen LogP contribution in [0.25, 0.3) is 0 Å². The molecule has 1 aromatic carbocycles. The van der Waals surface area contributed by atoms with E-state index in [4.69, 9.17) is 14.7 Å². The van der Waals surface area contributed by atoms with Gasteiger partial charge in [0.2, 0.25) is 0 Å². The van der Waals surface area contributed by atoms with Crippen LogP contribution in [0.4, 0.5) is 0 Å². The molecule has 2 aliphatic carbocycles. The van der Waals surface area contributed by atoms with Crippen molar-refractivity contribution in [1.82, 2.24) is 0 Å². The Balaban J connectivity index is 1.87. The van der Waals surface area contributed by atoms with E-state index in [0.29, 0.717) is 0 Å². The highest BCUT2D eigenvalue weighted by molar-refractivity contribution is 5.47. The van der Waals surface area contributed by atoms with Crippen LogP contribution in [-0.4, -0.2) is 13.2 Å². The third-order valence-electron chi connectivity index (χ3n) is 5.55. The molecule has 0 saturated heterocycles. The predicted octanol–water partition coefficient (Wildman–Crippen LogP) is 4.49. The zero-order valence-corrected chi connectivity index (χ0v) is 14.3. The van der Waals surface area contributed by atoms with Gasteiger partial charge < -0.3 is 9.47 Å². The fourth-order valence-electron chi connectivity index (χ4n) is 3.96. The highest BCUT2D eigenvalue weighted by Gasteiger charge is 2.38. The van der Waals surface area contributed by atoms with Gasteiger partial charge in [-0.1, -0.05) is 6.07 Å². The van der Waals surface area contributed by atoms with Gasteiger partial charge in [-0.2, -0.15) is 10.5 Å². The van der Waals surface area contributed by atoms with E-state index in [9.17, 15) is 5.26 Å². The van der Waals surface area contributed by atoms with E-state index in [0.717, 1.165) is 55.6 Å². The molecule has 2 saturated carbocycles. The molecule has 0 unspecified atom stereocenters.